The van der Waals surface area contributed by atoms with Crippen molar-refractivity contribution < 1.29 is 13.2 Å². The number of nitrogen functional groups attached to an aromatic ring is 1. The highest BCUT2D eigenvalue weighted by molar-refractivity contribution is 7.90. The molecular formula is C25H24N4O3S. The molecule has 1 fully saturated rings. The van der Waals surface area contributed by atoms with Crippen molar-refractivity contribution in [3.8, 4) is 22.5 Å². The van der Waals surface area contributed by atoms with Gasteiger partial charge in [-0.15, -0.1) is 0 Å². The van der Waals surface area contributed by atoms with Crippen LogP contribution in [-0.4, -0.2) is 50.9 Å². The summed E-state index contributed by atoms with van der Waals surface area (Å²) in [5.41, 5.74) is 11.1. The number of aromatic nitrogens is 2. The molecule has 33 heavy (non-hydrogen) atoms. The van der Waals surface area contributed by atoms with Crippen LogP contribution in [0.5, 0.6) is 0 Å². The number of fused-ring (bicyclic) bond motifs is 1. The topological polar surface area (TPSA) is 98.4 Å². The van der Waals surface area contributed by atoms with Crippen LogP contribution in [0, 0.1) is 0 Å². The average molecular weight is 461 g/mol. The minimum Gasteiger partial charge on any atom is -0.398 e. The Morgan fingerprint density at radius 3 is 2.48 bits per heavy atom. The number of nitrogens with two attached hydrogens (primary N) is 1. The Hall–Kier alpha value is -3.49. The van der Waals surface area contributed by atoms with Gasteiger partial charge in [-0.2, -0.15) is 0 Å². The lowest BCUT2D eigenvalue weighted by Gasteiger charge is -2.29. The zero-order valence-corrected chi connectivity index (χ0v) is 19.0. The van der Waals surface area contributed by atoms with Crippen LogP contribution in [0.15, 0.2) is 71.8 Å². The highest BCUT2D eigenvalue weighted by Crippen LogP contribution is 2.42. The van der Waals surface area contributed by atoms with Crippen molar-refractivity contribution in [2.75, 3.05) is 43.2 Å². The molecule has 2 aromatic heterocycles. The molecule has 3 heterocycles. The van der Waals surface area contributed by atoms with Crippen molar-refractivity contribution in [2.45, 2.75) is 4.90 Å². The van der Waals surface area contributed by atoms with E-state index in [1.807, 2.05) is 54.6 Å². The second-order valence-corrected chi connectivity index (χ2v) is 10.0. The van der Waals surface area contributed by atoms with Crippen molar-refractivity contribution in [2.24, 2.45) is 0 Å². The Kier molecular flexibility index (Phi) is 5.47. The number of pyridine rings is 2. The van der Waals surface area contributed by atoms with Crippen LogP contribution in [0.1, 0.15) is 0 Å². The number of nitrogens with zero attached hydrogens (tertiary/aromatic N) is 3. The molecule has 4 aromatic rings. The molecule has 7 nitrogen and oxygen atoms in total. The van der Waals surface area contributed by atoms with E-state index >= 15 is 0 Å². The second kappa shape index (κ2) is 8.46. The van der Waals surface area contributed by atoms with Crippen LogP contribution >= 0.6 is 0 Å². The number of rotatable bonds is 4. The molecule has 1 saturated heterocycles. The first-order valence-corrected chi connectivity index (χ1v) is 12.6. The van der Waals surface area contributed by atoms with Gasteiger partial charge in [0.1, 0.15) is 0 Å². The third-order valence-electron chi connectivity index (χ3n) is 5.85. The van der Waals surface area contributed by atoms with E-state index in [2.05, 4.69) is 9.88 Å². The molecule has 8 heteroatoms. The molecule has 2 aromatic carbocycles. The molecule has 0 saturated carbocycles. The second-order valence-electron chi connectivity index (χ2n) is 8.03. The van der Waals surface area contributed by atoms with Gasteiger partial charge in [0, 0.05) is 47.7 Å². The first-order chi connectivity index (χ1) is 15.9. The lowest BCUT2D eigenvalue weighted by atomic mass is 9.96. The molecule has 0 radical (unpaired) electrons. The zero-order valence-electron chi connectivity index (χ0n) is 18.2. The van der Waals surface area contributed by atoms with Gasteiger partial charge in [0.05, 0.1) is 40.7 Å². The van der Waals surface area contributed by atoms with E-state index in [0.717, 1.165) is 29.7 Å². The molecule has 0 spiro atoms. The summed E-state index contributed by atoms with van der Waals surface area (Å²) in [7, 11) is -3.55. The van der Waals surface area contributed by atoms with Gasteiger partial charge in [0.15, 0.2) is 9.84 Å². The Morgan fingerprint density at radius 1 is 1.00 bits per heavy atom. The number of hydrogen-bond acceptors (Lipinski definition) is 7. The number of anilines is 2. The van der Waals surface area contributed by atoms with Gasteiger partial charge >= 0.3 is 0 Å². The molecule has 0 amide bonds. The maximum absolute atomic E-state index is 12.8. The molecule has 0 bridgehead atoms. The highest BCUT2D eigenvalue weighted by Gasteiger charge is 2.24. The summed E-state index contributed by atoms with van der Waals surface area (Å²) in [6.07, 6.45) is 2.90. The number of para-hydroxylation sites is 1. The number of benzene rings is 2. The van der Waals surface area contributed by atoms with Gasteiger partial charge in [-0.05, 0) is 36.4 Å². The van der Waals surface area contributed by atoms with Crippen LogP contribution in [-0.2, 0) is 14.6 Å². The Bertz CT molecular complexity index is 1430. The van der Waals surface area contributed by atoms with Gasteiger partial charge in [0.2, 0.25) is 0 Å². The van der Waals surface area contributed by atoms with Gasteiger partial charge in [-0.1, -0.05) is 24.3 Å². The number of hydrogen-bond donors (Lipinski definition) is 1. The van der Waals surface area contributed by atoms with Gasteiger partial charge < -0.3 is 15.4 Å². The molecule has 2 N–H and O–H groups in total. The van der Waals surface area contributed by atoms with Crippen molar-refractivity contribution in [3.63, 3.8) is 0 Å². The third kappa shape index (κ3) is 4.03. The summed E-state index contributed by atoms with van der Waals surface area (Å²) < 4.78 is 31.1. The third-order valence-corrected chi connectivity index (χ3v) is 7.00. The maximum Gasteiger partial charge on any atom is 0.176 e. The summed E-state index contributed by atoms with van der Waals surface area (Å²) in [5.74, 6) is 0. The van der Waals surface area contributed by atoms with Crippen molar-refractivity contribution >= 4 is 32.1 Å². The van der Waals surface area contributed by atoms with Crippen molar-refractivity contribution in [1.29, 1.82) is 0 Å². The predicted octanol–water partition coefficient (Wildman–Crippen LogP) is 3.79. The van der Waals surface area contributed by atoms with Crippen molar-refractivity contribution in [3.05, 3.63) is 66.9 Å². The van der Waals surface area contributed by atoms with E-state index < -0.39 is 9.84 Å². The van der Waals surface area contributed by atoms with Crippen LogP contribution < -0.4 is 10.6 Å². The van der Waals surface area contributed by atoms with E-state index in [0.29, 0.717) is 41.4 Å². The minimum absolute atomic E-state index is 0.209. The fraction of sp³-hybridized carbons (Fsp3) is 0.200. The number of morpholine rings is 1. The molecule has 1 aliphatic heterocycles. The Balaban J connectivity index is 1.85. The predicted molar refractivity (Wildman–Crippen MR) is 131 cm³/mol. The van der Waals surface area contributed by atoms with Crippen molar-refractivity contribution in [1.82, 2.24) is 9.97 Å². The van der Waals surface area contributed by atoms with E-state index in [9.17, 15) is 8.42 Å². The van der Waals surface area contributed by atoms with Crippen LogP contribution in [0.25, 0.3) is 33.4 Å². The summed E-state index contributed by atoms with van der Waals surface area (Å²) >= 11 is 0. The Morgan fingerprint density at radius 2 is 1.76 bits per heavy atom. The zero-order chi connectivity index (χ0) is 23.0. The minimum atomic E-state index is -3.55. The quantitative estimate of drug-likeness (QED) is 0.495. The van der Waals surface area contributed by atoms with E-state index in [-0.39, 0.29) is 4.90 Å². The monoisotopic (exact) mass is 460 g/mol. The van der Waals surface area contributed by atoms with E-state index in [4.69, 9.17) is 15.5 Å². The fourth-order valence-electron chi connectivity index (χ4n) is 4.25. The summed E-state index contributed by atoms with van der Waals surface area (Å²) in [5, 5.41) is 0.767. The van der Waals surface area contributed by atoms with Gasteiger partial charge in [0.25, 0.3) is 0 Å². The first-order valence-electron chi connectivity index (χ1n) is 10.7. The summed E-state index contributed by atoms with van der Waals surface area (Å²) in [4.78, 5) is 11.8. The molecular weight excluding hydrogens is 436 g/mol. The summed E-state index contributed by atoms with van der Waals surface area (Å²) in [6, 6.07) is 18.5. The molecule has 0 unspecified atom stereocenters. The SMILES string of the molecule is CS(=O)(=O)c1ccc(N2CCOCC2)cc1-c1c(-c2ccccn2)nc2ccccc2c1N. The normalized spacial score (nSPS) is 14.5. The lowest BCUT2D eigenvalue weighted by Crippen LogP contribution is -2.36. The summed E-state index contributed by atoms with van der Waals surface area (Å²) in [6.45, 7) is 2.72. The number of sulfone groups is 1. The maximum atomic E-state index is 12.8. The smallest absolute Gasteiger partial charge is 0.176 e. The number of ether oxygens (including phenoxy) is 1. The molecule has 0 aliphatic carbocycles. The molecule has 5 rings (SSSR count). The van der Waals surface area contributed by atoms with Gasteiger partial charge in [-0.25, -0.2) is 13.4 Å². The first kappa shape index (κ1) is 21.4. The average Bonchev–Trinajstić information content (AvgIpc) is 2.84. The molecule has 168 valence electrons. The van der Waals surface area contributed by atoms with E-state index in [1.54, 1.807) is 12.3 Å². The standard InChI is InChI=1S/C25H24N4O3S/c1-33(30,31)22-10-9-17(29-12-14-32-15-13-29)16-19(22)23-24(26)18-6-2-3-7-20(18)28-25(23)21-8-4-5-11-27-21/h2-11,16H,12-15H2,1H3,(H2,26,28). The Labute approximate surface area is 192 Å². The lowest BCUT2D eigenvalue weighted by molar-refractivity contribution is 0.122. The van der Waals surface area contributed by atoms with Crippen LogP contribution in [0.3, 0.4) is 0 Å². The van der Waals surface area contributed by atoms with Crippen LogP contribution in [0.4, 0.5) is 11.4 Å². The van der Waals surface area contributed by atoms with E-state index in [1.165, 1.54) is 6.26 Å². The molecule has 1 aliphatic rings. The highest BCUT2D eigenvalue weighted by atomic mass is 32.2. The molecule has 0 atom stereocenters. The largest absolute Gasteiger partial charge is 0.398 e. The van der Waals surface area contributed by atoms with Gasteiger partial charge in [-0.3, -0.25) is 4.98 Å². The fourth-order valence-corrected chi connectivity index (χ4v) is 5.13. The van der Waals surface area contributed by atoms with Crippen LogP contribution in [0.2, 0.25) is 0 Å².